The molecule has 1 aliphatic heterocycles. The second-order valence-electron chi connectivity index (χ2n) is 5.27. The molecular formula is C13H28N4O. The average Bonchev–Trinajstić information content (AvgIpc) is 2.37. The normalized spacial score (nSPS) is 17.4. The molecule has 0 radical (unpaired) electrons. The van der Waals surface area contributed by atoms with E-state index in [9.17, 15) is 4.79 Å². The first-order valence-electron chi connectivity index (χ1n) is 6.98. The van der Waals surface area contributed by atoms with Gasteiger partial charge in [-0.1, -0.05) is 0 Å². The first kappa shape index (κ1) is 15.4. The van der Waals surface area contributed by atoms with Crippen molar-refractivity contribution < 1.29 is 4.79 Å². The van der Waals surface area contributed by atoms with E-state index in [4.69, 9.17) is 5.73 Å². The van der Waals surface area contributed by atoms with Crippen molar-refractivity contribution in [1.29, 1.82) is 0 Å². The smallest absolute Gasteiger partial charge is 0.222 e. The molecule has 0 aromatic rings. The van der Waals surface area contributed by atoms with Crippen molar-refractivity contribution in [2.75, 3.05) is 59.9 Å². The molecule has 1 aliphatic rings. The number of hydrogen-bond donors (Lipinski definition) is 1. The van der Waals surface area contributed by atoms with Crippen molar-refractivity contribution in [2.24, 2.45) is 5.73 Å². The Morgan fingerprint density at radius 3 is 2.39 bits per heavy atom. The monoisotopic (exact) mass is 256 g/mol. The van der Waals surface area contributed by atoms with Gasteiger partial charge in [-0.25, -0.2) is 0 Å². The lowest BCUT2D eigenvalue weighted by atomic mass is 10.2. The van der Waals surface area contributed by atoms with Crippen LogP contribution in [0.1, 0.15) is 19.3 Å². The molecule has 0 saturated carbocycles. The number of carbonyl (C=O) groups excluding carboxylic acids is 1. The van der Waals surface area contributed by atoms with Gasteiger partial charge in [0.2, 0.25) is 5.91 Å². The number of nitrogens with zero attached hydrogens (tertiary/aromatic N) is 3. The zero-order valence-corrected chi connectivity index (χ0v) is 11.9. The molecule has 0 aromatic carbocycles. The Morgan fingerprint density at radius 2 is 1.83 bits per heavy atom. The molecule has 0 aliphatic carbocycles. The van der Waals surface area contributed by atoms with Crippen LogP contribution >= 0.6 is 0 Å². The minimum Gasteiger partial charge on any atom is -0.340 e. The summed E-state index contributed by atoms with van der Waals surface area (Å²) in [4.78, 5) is 18.5. The first-order chi connectivity index (χ1) is 8.63. The molecule has 106 valence electrons. The Morgan fingerprint density at radius 1 is 1.17 bits per heavy atom. The minimum atomic E-state index is 0.302. The number of likely N-dealkylation sites (N-methyl/N-ethyl adjacent to an activating group) is 1. The maximum absolute atomic E-state index is 11.9. The number of nitrogens with two attached hydrogens (primary N) is 1. The Balaban J connectivity index is 2.16. The number of amides is 1. The highest BCUT2D eigenvalue weighted by Gasteiger charge is 2.20. The summed E-state index contributed by atoms with van der Waals surface area (Å²) in [6.07, 6.45) is 2.54. The molecule has 0 atom stereocenters. The maximum atomic E-state index is 11.9. The summed E-state index contributed by atoms with van der Waals surface area (Å²) in [6.45, 7) is 6.66. The van der Waals surface area contributed by atoms with Crippen LogP contribution in [-0.4, -0.2) is 80.5 Å². The number of piperazine rings is 1. The summed E-state index contributed by atoms with van der Waals surface area (Å²) < 4.78 is 0. The van der Waals surface area contributed by atoms with Crippen LogP contribution in [0.4, 0.5) is 0 Å². The standard InChI is InChI=1S/C13H28N4O/c1-15(2)7-8-16-9-11-17(12-10-16)13(18)5-3-4-6-14/h3-12,14H2,1-2H3. The van der Waals surface area contributed by atoms with E-state index in [-0.39, 0.29) is 0 Å². The zero-order valence-electron chi connectivity index (χ0n) is 11.9. The van der Waals surface area contributed by atoms with E-state index >= 15 is 0 Å². The van der Waals surface area contributed by atoms with Crippen molar-refractivity contribution in [2.45, 2.75) is 19.3 Å². The first-order valence-corrected chi connectivity index (χ1v) is 6.98. The van der Waals surface area contributed by atoms with Gasteiger partial charge < -0.3 is 15.5 Å². The van der Waals surface area contributed by atoms with Crippen LogP contribution in [0.15, 0.2) is 0 Å². The lowest BCUT2D eigenvalue weighted by Gasteiger charge is -2.35. The van der Waals surface area contributed by atoms with Crippen LogP contribution in [0.5, 0.6) is 0 Å². The summed E-state index contributed by atoms with van der Waals surface area (Å²) in [7, 11) is 4.19. The van der Waals surface area contributed by atoms with Gasteiger partial charge in [-0.05, 0) is 33.5 Å². The van der Waals surface area contributed by atoms with Gasteiger partial charge in [0.15, 0.2) is 0 Å². The maximum Gasteiger partial charge on any atom is 0.222 e. The molecule has 1 rings (SSSR count). The van der Waals surface area contributed by atoms with E-state index in [2.05, 4.69) is 23.9 Å². The van der Waals surface area contributed by atoms with E-state index in [0.717, 1.165) is 52.1 Å². The van der Waals surface area contributed by atoms with Crippen molar-refractivity contribution in [3.63, 3.8) is 0 Å². The van der Waals surface area contributed by atoms with Crippen LogP contribution < -0.4 is 5.73 Å². The predicted octanol–water partition coefficient (Wildman–Crippen LogP) is -0.179. The van der Waals surface area contributed by atoms with Crippen LogP contribution in [0.25, 0.3) is 0 Å². The summed E-state index contributed by atoms with van der Waals surface area (Å²) in [5.41, 5.74) is 5.43. The van der Waals surface area contributed by atoms with Crippen molar-refractivity contribution in [3.05, 3.63) is 0 Å². The molecule has 5 heteroatoms. The molecule has 0 bridgehead atoms. The van der Waals surface area contributed by atoms with Gasteiger partial charge in [0.25, 0.3) is 0 Å². The third kappa shape index (κ3) is 5.80. The van der Waals surface area contributed by atoms with Gasteiger partial charge in [0.1, 0.15) is 0 Å². The summed E-state index contributed by atoms with van der Waals surface area (Å²) in [5.74, 6) is 0.302. The van der Waals surface area contributed by atoms with Crippen molar-refractivity contribution in [1.82, 2.24) is 14.7 Å². The zero-order chi connectivity index (χ0) is 13.4. The molecule has 1 saturated heterocycles. The third-order valence-electron chi connectivity index (χ3n) is 3.43. The van der Waals surface area contributed by atoms with E-state index in [1.807, 2.05) is 4.90 Å². The largest absolute Gasteiger partial charge is 0.340 e. The molecule has 1 heterocycles. The van der Waals surface area contributed by atoms with Gasteiger partial charge >= 0.3 is 0 Å². The molecule has 0 aromatic heterocycles. The highest BCUT2D eigenvalue weighted by Crippen LogP contribution is 2.06. The van der Waals surface area contributed by atoms with Gasteiger partial charge in [0, 0.05) is 45.7 Å². The molecule has 5 nitrogen and oxygen atoms in total. The summed E-state index contributed by atoms with van der Waals surface area (Å²) >= 11 is 0. The molecule has 1 fully saturated rings. The summed E-state index contributed by atoms with van der Waals surface area (Å²) in [5, 5.41) is 0. The van der Waals surface area contributed by atoms with Gasteiger partial charge in [-0.2, -0.15) is 0 Å². The lowest BCUT2D eigenvalue weighted by molar-refractivity contribution is -0.133. The van der Waals surface area contributed by atoms with Crippen LogP contribution in [0.3, 0.4) is 0 Å². The Labute approximate surface area is 111 Å². The van der Waals surface area contributed by atoms with Crippen LogP contribution in [-0.2, 0) is 4.79 Å². The number of unbranched alkanes of at least 4 members (excludes halogenated alkanes) is 1. The number of carbonyl (C=O) groups is 1. The number of hydrogen-bond acceptors (Lipinski definition) is 4. The average molecular weight is 256 g/mol. The Kier molecular flexibility index (Phi) is 7.23. The van der Waals surface area contributed by atoms with Crippen molar-refractivity contribution >= 4 is 5.91 Å². The lowest BCUT2D eigenvalue weighted by Crippen LogP contribution is -2.49. The molecule has 2 N–H and O–H groups in total. The quantitative estimate of drug-likeness (QED) is 0.642. The SMILES string of the molecule is CN(C)CCN1CCN(C(=O)CCCCN)CC1. The molecule has 0 spiro atoms. The fraction of sp³-hybridized carbons (Fsp3) is 0.923. The van der Waals surface area contributed by atoms with Gasteiger partial charge in [-0.3, -0.25) is 9.69 Å². The molecule has 1 amide bonds. The Hall–Kier alpha value is -0.650. The highest BCUT2D eigenvalue weighted by atomic mass is 16.2. The van der Waals surface area contributed by atoms with Gasteiger partial charge in [0.05, 0.1) is 0 Å². The van der Waals surface area contributed by atoms with E-state index in [1.165, 1.54) is 0 Å². The third-order valence-corrected chi connectivity index (χ3v) is 3.43. The second-order valence-corrected chi connectivity index (χ2v) is 5.27. The van der Waals surface area contributed by atoms with Crippen molar-refractivity contribution in [3.8, 4) is 0 Å². The fourth-order valence-electron chi connectivity index (χ4n) is 2.14. The fourth-order valence-corrected chi connectivity index (χ4v) is 2.14. The Bertz CT molecular complexity index is 237. The highest BCUT2D eigenvalue weighted by molar-refractivity contribution is 5.76. The second kappa shape index (κ2) is 8.45. The minimum absolute atomic E-state index is 0.302. The van der Waals surface area contributed by atoms with E-state index in [0.29, 0.717) is 18.9 Å². The van der Waals surface area contributed by atoms with Crippen LogP contribution in [0, 0.1) is 0 Å². The van der Waals surface area contributed by atoms with E-state index in [1.54, 1.807) is 0 Å². The predicted molar refractivity (Wildman–Crippen MR) is 74.5 cm³/mol. The molecule has 18 heavy (non-hydrogen) atoms. The molecule has 0 unspecified atom stereocenters. The van der Waals surface area contributed by atoms with Gasteiger partial charge in [-0.15, -0.1) is 0 Å². The topological polar surface area (TPSA) is 52.8 Å². The molecular weight excluding hydrogens is 228 g/mol. The van der Waals surface area contributed by atoms with E-state index < -0.39 is 0 Å². The van der Waals surface area contributed by atoms with Crippen LogP contribution in [0.2, 0.25) is 0 Å². The summed E-state index contributed by atoms with van der Waals surface area (Å²) in [6, 6.07) is 0. The number of rotatable bonds is 7.